The van der Waals surface area contributed by atoms with Crippen LogP contribution in [-0.2, 0) is 9.59 Å². The summed E-state index contributed by atoms with van der Waals surface area (Å²) >= 11 is 0. The van der Waals surface area contributed by atoms with Crippen molar-refractivity contribution < 1.29 is 9.59 Å². The van der Waals surface area contributed by atoms with E-state index in [0.29, 0.717) is 18.8 Å². The summed E-state index contributed by atoms with van der Waals surface area (Å²) in [5.41, 5.74) is 2.35. The molecular weight excluding hydrogens is 214 g/mol. The van der Waals surface area contributed by atoms with Crippen LogP contribution >= 0.6 is 0 Å². The van der Waals surface area contributed by atoms with Crippen LogP contribution in [0.25, 0.3) is 0 Å². The maximum atomic E-state index is 11.3. The number of piperidine rings is 1. The standard InChI is InChI=1S/C14H17NO2/c1-9(2)10-4-3-5-11(6-10)12-7-13(16)15-14(17)8-12/h3-6,9,12H,7-8H2,1-2H3,(H,15,16,17). The third kappa shape index (κ3) is 2.73. The van der Waals surface area contributed by atoms with Crippen molar-refractivity contribution in [1.82, 2.24) is 5.32 Å². The van der Waals surface area contributed by atoms with Gasteiger partial charge < -0.3 is 0 Å². The molecule has 0 spiro atoms. The molecule has 1 N–H and O–H groups in total. The zero-order valence-corrected chi connectivity index (χ0v) is 10.2. The van der Waals surface area contributed by atoms with E-state index < -0.39 is 0 Å². The lowest BCUT2D eigenvalue weighted by Gasteiger charge is -2.22. The van der Waals surface area contributed by atoms with Crippen LogP contribution in [0.4, 0.5) is 0 Å². The van der Waals surface area contributed by atoms with Crippen molar-refractivity contribution in [3.05, 3.63) is 35.4 Å². The molecule has 1 saturated heterocycles. The van der Waals surface area contributed by atoms with Crippen molar-refractivity contribution in [2.45, 2.75) is 38.5 Å². The summed E-state index contributed by atoms with van der Waals surface area (Å²) < 4.78 is 0. The van der Waals surface area contributed by atoms with E-state index in [0.717, 1.165) is 5.56 Å². The van der Waals surface area contributed by atoms with Gasteiger partial charge in [0.25, 0.3) is 0 Å². The summed E-state index contributed by atoms with van der Waals surface area (Å²) in [5.74, 6) is 0.167. The largest absolute Gasteiger partial charge is 0.296 e. The maximum Gasteiger partial charge on any atom is 0.227 e. The highest BCUT2D eigenvalue weighted by Gasteiger charge is 2.26. The van der Waals surface area contributed by atoms with Crippen LogP contribution in [0.3, 0.4) is 0 Å². The van der Waals surface area contributed by atoms with Crippen molar-refractivity contribution in [3.63, 3.8) is 0 Å². The first kappa shape index (κ1) is 11.8. The number of imide groups is 1. The summed E-state index contributed by atoms with van der Waals surface area (Å²) in [7, 11) is 0. The molecule has 0 bridgehead atoms. The minimum absolute atomic E-state index is 0.0370. The minimum Gasteiger partial charge on any atom is -0.296 e. The van der Waals surface area contributed by atoms with Gasteiger partial charge in [0, 0.05) is 18.8 Å². The van der Waals surface area contributed by atoms with Crippen molar-refractivity contribution in [1.29, 1.82) is 0 Å². The van der Waals surface area contributed by atoms with Gasteiger partial charge in [-0.05, 0) is 17.0 Å². The first-order valence-electron chi connectivity index (χ1n) is 5.99. The van der Waals surface area contributed by atoms with Crippen LogP contribution in [0.1, 0.15) is 49.7 Å². The highest BCUT2D eigenvalue weighted by atomic mass is 16.2. The quantitative estimate of drug-likeness (QED) is 0.794. The smallest absolute Gasteiger partial charge is 0.227 e. The molecule has 2 amide bonds. The Labute approximate surface area is 101 Å². The number of amides is 2. The van der Waals surface area contributed by atoms with Gasteiger partial charge in [0.1, 0.15) is 0 Å². The minimum atomic E-state index is -0.166. The lowest BCUT2D eigenvalue weighted by atomic mass is 9.87. The van der Waals surface area contributed by atoms with Crippen molar-refractivity contribution in [3.8, 4) is 0 Å². The van der Waals surface area contributed by atoms with Gasteiger partial charge in [0.2, 0.25) is 11.8 Å². The molecule has 0 aromatic heterocycles. The van der Waals surface area contributed by atoms with E-state index >= 15 is 0 Å². The highest BCUT2D eigenvalue weighted by Crippen LogP contribution is 2.28. The molecule has 2 rings (SSSR count). The predicted octanol–water partition coefficient (Wildman–Crippen LogP) is 2.33. The van der Waals surface area contributed by atoms with Crippen LogP contribution in [-0.4, -0.2) is 11.8 Å². The van der Waals surface area contributed by atoms with Crippen molar-refractivity contribution in [2.75, 3.05) is 0 Å². The molecule has 3 nitrogen and oxygen atoms in total. The van der Waals surface area contributed by atoms with Crippen LogP contribution in [0.5, 0.6) is 0 Å². The fourth-order valence-electron chi connectivity index (χ4n) is 2.19. The lowest BCUT2D eigenvalue weighted by Crippen LogP contribution is -2.37. The Morgan fingerprint density at radius 3 is 2.41 bits per heavy atom. The number of carbonyl (C=O) groups excluding carboxylic acids is 2. The molecule has 0 unspecified atom stereocenters. The molecule has 1 aromatic carbocycles. The molecule has 0 radical (unpaired) electrons. The van der Waals surface area contributed by atoms with Gasteiger partial charge in [-0.3, -0.25) is 14.9 Å². The first-order chi connectivity index (χ1) is 8.06. The Balaban J connectivity index is 2.24. The van der Waals surface area contributed by atoms with Gasteiger partial charge >= 0.3 is 0 Å². The second-order valence-corrected chi connectivity index (χ2v) is 4.90. The fourth-order valence-corrected chi connectivity index (χ4v) is 2.19. The van der Waals surface area contributed by atoms with Gasteiger partial charge in [0.05, 0.1) is 0 Å². The molecular formula is C14H17NO2. The van der Waals surface area contributed by atoms with E-state index in [2.05, 4.69) is 31.3 Å². The van der Waals surface area contributed by atoms with E-state index in [1.807, 2.05) is 12.1 Å². The molecule has 1 aliphatic rings. The molecule has 17 heavy (non-hydrogen) atoms. The van der Waals surface area contributed by atoms with E-state index in [9.17, 15) is 9.59 Å². The average Bonchev–Trinajstić information content (AvgIpc) is 2.28. The Hall–Kier alpha value is -1.64. The average molecular weight is 231 g/mol. The van der Waals surface area contributed by atoms with Gasteiger partial charge in [0.15, 0.2) is 0 Å². The van der Waals surface area contributed by atoms with Gasteiger partial charge in [-0.25, -0.2) is 0 Å². The third-order valence-electron chi connectivity index (χ3n) is 3.19. The van der Waals surface area contributed by atoms with Gasteiger partial charge in [-0.2, -0.15) is 0 Å². The Bertz CT molecular complexity index is 435. The number of hydrogen-bond acceptors (Lipinski definition) is 2. The molecule has 1 aliphatic heterocycles. The molecule has 0 atom stereocenters. The van der Waals surface area contributed by atoms with Crippen molar-refractivity contribution >= 4 is 11.8 Å². The zero-order valence-electron chi connectivity index (χ0n) is 10.2. The molecule has 90 valence electrons. The van der Waals surface area contributed by atoms with Crippen molar-refractivity contribution in [2.24, 2.45) is 0 Å². The van der Waals surface area contributed by atoms with Gasteiger partial charge in [-0.1, -0.05) is 38.1 Å². The van der Waals surface area contributed by atoms with Crippen LogP contribution < -0.4 is 5.32 Å². The SMILES string of the molecule is CC(C)c1cccc(C2CC(=O)NC(=O)C2)c1. The molecule has 1 fully saturated rings. The lowest BCUT2D eigenvalue weighted by molar-refractivity contribution is -0.133. The fraction of sp³-hybridized carbons (Fsp3) is 0.429. The summed E-state index contributed by atoms with van der Waals surface area (Å²) in [6, 6.07) is 8.20. The number of carbonyl (C=O) groups is 2. The third-order valence-corrected chi connectivity index (χ3v) is 3.19. The normalized spacial score (nSPS) is 17.4. The van der Waals surface area contributed by atoms with Crippen LogP contribution in [0, 0.1) is 0 Å². The van der Waals surface area contributed by atoms with Crippen LogP contribution in [0.15, 0.2) is 24.3 Å². The summed E-state index contributed by atoms with van der Waals surface area (Å²) in [4.78, 5) is 22.7. The summed E-state index contributed by atoms with van der Waals surface area (Å²) in [6.07, 6.45) is 0.820. The molecule has 0 aliphatic carbocycles. The number of nitrogens with one attached hydrogen (secondary N) is 1. The number of rotatable bonds is 2. The van der Waals surface area contributed by atoms with E-state index in [-0.39, 0.29) is 17.7 Å². The van der Waals surface area contributed by atoms with E-state index in [1.54, 1.807) is 0 Å². The first-order valence-corrected chi connectivity index (χ1v) is 5.99. The molecule has 3 heteroatoms. The molecule has 1 heterocycles. The Morgan fingerprint density at radius 2 is 1.82 bits per heavy atom. The topological polar surface area (TPSA) is 46.2 Å². The monoisotopic (exact) mass is 231 g/mol. The molecule has 0 saturated carbocycles. The number of hydrogen-bond donors (Lipinski definition) is 1. The second-order valence-electron chi connectivity index (χ2n) is 4.90. The van der Waals surface area contributed by atoms with E-state index in [4.69, 9.17) is 0 Å². The van der Waals surface area contributed by atoms with E-state index in [1.165, 1.54) is 5.56 Å². The summed E-state index contributed by atoms with van der Waals surface area (Å²) in [6.45, 7) is 4.27. The molecule has 1 aromatic rings. The van der Waals surface area contributed by atoms with Crippen LogP contribution in [0.2, 0.25) is 0 Å². The zero-order chi connectivity index (χ0) is 12.4. The summed E-state index contributed by atoms with van der Waals surface area (Å²) in [5, 5.41) is 2.34. The second kappa shape index (κ2) is 4.70. The highest BCUT2D eigenvalue weighted by molar-refractivity contribution is 5.98. The predicted molar refractivity (Wildman–Crippen MR) is 65.7 cm³/mol. The number of benzene rings is 1. The maximum absolute atomic E-state index is 11.3. The Morgan fingerprint density at radius 1 is 1.18 bits per heavy atom. The van der Waals surface area contributed by atoms with Gasteiger partial charge in [-0.15, -0.1) is 0 Å². The Kier molecular flexibility index (Phi) is 3.27.